The quantitative estimate of drug-likeness (QED) is 0.772. The Labute approximate surface area is 98.6 Å². The standard InChI is InChI=1S/C12H14O5/c1-7-5-8(10(13)6-11(14)15)3-4-9(7)12(16)17-2/h3-5,10,13H,6H2,1-2H3,(H,14,15)/t10-/m1/s1. The maximum Gasteiger partial charge on any atom is 0.338 e. The lowest BCUT2D eigenvalue weighted by Gasteiger charge is -2.11. The molecule has 0 unspecified atom stereocenters. The molecule has 0 saturated heterocycles. The Hall–Kier alpha value is -1.88. The van der Waals surface area contributed by atoms with Gasteiger partial charge in [0.1, 0.15) is 0 Å². The van der Waals surface area contributed by atoms with Crippen molar-refractivity contribution in [3.8, 4) is 0 Å². The second-order valence-corrected chi connectivity index (χ2v) is 3.68. The summed E-state index contributed by atoms with van der Waals surface area (Å²) in [5.74, 6) is -1.53. The Morgan fingerprint density at radius 1 is 1.41 bits per heavy atom. The number of esters is 1. The van der Waals surface area contributed by atoms with Crippen LogP contribution in [-0.4, -0.2) is 29.3 Å². The number of ether oxygens (including phenoxy) is 1. The predicted octanol–water partition coefficient (Wildman–Crippen LogP) is 1.29. The van der Waals surface area contributed by atoms with Crippen LogP contribution < -0.4 is 0 Å². The molecule has 0 aliphatic rings. The number of carbonyl (C=O) groups excluding carboxylic acids is 1. The molecule has 0 amide bonds. The zero-order chi connectivity index (χ0) is 13.0. The molecule has 0 aromatic heterocycles. The lowest BCUT2D eigenvalue weighted by molar-refractivity contribution is -0.139. The van der Waals surface area contributed by atoms with Gasteiger partial charge in [-0.15, -0.1) is 0 Å². The minimum absolute atomic E-state index is 0.364. The van der Waals surface area contributed by atoms with Crippen LogP contribution in [0.1, 0.15) is 34.0 Å². The highest BCUT2D eigenvalue weighted by molar-refractivity contribution is 5.91. The summed E-state index contributed by atoms with van der Waals surface area (Å²) in [6.07, 6.45) is -1.44. The Balaban J connectivity index is 2.96. The van der Waals surface area contributed by atoms with Crippen LogP contribution in [0.2, 0.25) is 0 Å². The third-order valence-electron chi connectivity index (χ3n) is 2.41. The van der Waals surface area contributed by atoms with Gasteiger partial charge in [0.2, 0.25) is 0 Å². The van der Waals surface area contributed by atoms with E-state index in [0.29, 0.717) is 16.7 Å². The van der Waals surface area contributed by atoms with Crippen LogP contribution in [0.5, 0.6) is 0 Å². The molecule has 0 fully saturated rings. The van der Waals surface area contributed by atoms with Gasteiger partial charge in [-0.1, -0.05) is 12.1 Å². The molecule has 1 rings (SSSR count). The van der Waals surface area contributed by atoms with Crippen molar-refractivity contribution in [3.63, 3.8) is 0 Å². The molecule has 0 aliphatic heterocycles. The summed E-state index contributed by atoms with van der Waals surface area (Å²) in [5, 5.41) is 18.2. The molecule has 0 heterocycles. The molecule has 0 bridgehead atoms. The first-order chi connectivity index (χ1) is 7.95. The van der Waals surface area contributed by atoms with Crippen LogP contribution in [0.25, 0.3) is 0 Å². The largest absolute Gasteiger partial charge is 0.481 e. The van der Waals surface area contributed by atoms with E-state index in [9.17, 15) is 14.7 Å². The summed E-state index contributed by atoms with van der Waals surface area (Å²) in [4.78, 5) is 21.8. The Bertz CT molecular complexity index is 439. The van der Waals surface area contributed by atoms with Gasteiger partial charge in [0.15, 0.2) is 0 Å². The molecular weight excluding hydrogens is 224 g/mol. The van der Waals surface area contributed by atoms with Crippen molar-refractivity contribution < 1.29 is 24.5 Å². The van der Waals surface area contributed by atoms with Crippen molar-refractivity contribution in [1.82, 2.24) is 0 Å². The number of aryl methyl sites for hydroxylation is 1. The summed E-state index contributed by atoms with van der Waals surface area (Å²) in [6.45, 7) is 1.70. The van der Waals surface area contributed by atoms with Crippen LogP contribution in [0.3, 0.4) is 0 Å². The van der Waals surface area contributed by atoms with Crippen LogP contribution in [0.4, 0.5) is 0 Å². The highest BCUT2D eigenvalue weighted by Gasteiger charge is 2.15. The molecule has 0 radical (unpaired) electrons. The Kier molecular flexibility index (Phi) is 4.23. The minimum Gasteiger partial charge on any atom is -0.481 e. The van der Waals surface area contributed by atoms with E-state index >= 15 is 0 Å². The van der Waals surface area contributed by atoms with Gasteiger partial charge in [0.25, 0.3) is 0 Å². The second kappa shape index (κ2) is 5.45. The number of benzene rings is 1. The topological polar surface area (TPSA) is 83.8 Å². The summed E-state index contributed by atoms with van der Waals surface area (Å²) in [5.41, 5.74) is 1.51. The fourth-order valence-electron chi connectivity index (χ4n) is 1.52. The third kappa shape index (κ3) is 3.29. The maximum atomic E-state index is 11.3. The van der Waals surface area contributed by atoms with Crippen molar-refractivity contribution in [3.05, 3.63) is 34.9 Å². The first kappa shape index (κ1) is 13.2. The van der Waals surface area contributed by atoms with Gasteiger partial charge in [-0.25, -0.2) is 4.79 Å². The summed E-state index contributed by atoms with van der Waals surface area (Å²) < 4.78 is 4.59. The van der Waals surface area contributed by atoms with Gasteiger partial charge in [0.05, 0.1) is 25.2 Å². The number of hydrogen-bond acceptors (Lipinski definition) is 4. The highest BCUT2D eigenvalue weighted by atomic mass is 16.5. The SMILES string of the molecule is COC(=O)c1ccc([C@H](O)CC(=O)O)cc1C. The van der Waals surface area contributed by atoms with Gasteiger partial charge >= 0.3 is 11.9 Å². The zero-order valence-corrected chi connectivity index (χ0v) is 9.64. The van der Waals surface area contributed by atoms with E-state index in [4.69, 9.17) is 5.11 Å². The molecular formula is C12H14O5. The molecule has 1 aromatic carbocycles. The monoisotopic (exact) mass is 238 g/mol. The molecule has 2 N–H and O–H groups in total. The van der Waals surface area contributed by atoms with Gasteiger partial charge < -0.3 is 14.9 Å². The summed E-state index contributed by atoms with van der Waals surface area (Å²) >= 11 is 0. The van der Waals surface area contributed by atoms with E-state index in [0.717, 1.165) is 0 Å². The number of carbonyl (C=O) groups is 2. The molecule has 0 spiro atoms. The number of carboxylic acids is 1. The first-order valence-corrected chi connectivity index (χ1v) is 5.04. The van der Waals surface area contributed by atoms with Gasteiger partial charge in [-0.05, 0) is 24.1 Å². The zero-order valence-electron chi connectivity index (χ0n) is 9.64. The van der Waals surface area contributed by atoms with E-state index < -0.39 is 18.0 Å². The van der Waals surface area contributed by atoms with Crippen LogP contribution in [0, 0.1) is 6.92 Å². The van der Waals surface area contributed by atoms with E-state index in [1.54, 1.807) is 13.0 Å². The molecule has 0 aliphatic carbocycles. The Morgan fingerprint density at radius 3 is 2.53 bits per heavy atom. The van der Waals surface area contributed by atoms with E-state index in [1.807, 2.05) is 0 Å². The van der Waals surface area contributed by atoms with Crippen LogP contribution in [0.15, 0.2) is 18.2 Å². The van der Waals surface area contributed by atoms with E-state index in [2.05, 4.69) is 4.74 Å². The molecule has 0 saturated carbocycles. The fourth-order valence-corrected chi connectivity index (χ4v) is 1.52. The van der Waals surface area contributed by atoms with E-state index in [-0.39, 0.29) is 6.42 Å². The third-order valence-corrected chi connectivity index (χ3v) is 2.41. The molecule has 17 heavy (non-hydrogen) atoms. The Morgan fingerprint density at radius 2 is 2.06 bits per heavy atom. The number of methoxy groups -OCH3 is 1. The number of aliphatic hydroxyl groups is 1. The second-order valence-electron chi connectivity index (χ2n) is 3.68. The average molecular weight is 238 g/mol. The van der Waals surface area contributed by atoms with Crippen molar-refractivity contribution in [2.75, 3.05) is 7.11 Å². The van der Waals surface area contributed by atoms with Crippen molar-refractivity contribution in [2.24, 2.45) is 0 Å². The molecule has 1 aromatic rings. The average Bonchev–Trinajstić information content (AvgIpc) is 2.27. The maximum absolute atomic E-state index is 11.3. The fraction of sp³-hybridized carbons (Fsp3) is 0.333. The molecule has 5 nitrogen and oxygen atoms in total. The highest BCUT2D eigenvalue weighted by Crippen LogP contribution is 2.20. The lowest BCUT2D eigenvalue weighted by Crippen LogP contribution is -2.08. The smallest absolute Gasteiger partial charge is 0.338 e. The predicted molar refractivity (Wildman–Crippen MR) is 59.7 cm³/mol. The van der Waals surface area contributed by atoms with Gasteiger partial charge in [-0.3, -0.25) is 4.79 Å². The number of carboxylic acid groups (broad SMARTS) is 1. The van der Waals surface area contributed by atoms with Crippen LogP contribution in [-0.2, 0) is 9.53 Å². The van der Waals surface area contributed by atoms with Crippen LogP contribution >= 0.6 is 0 Å². The normalized spacial score (nSPS) is 11.9. The number of rotatable bonds is 4. The number of hydrogen-bond donors (Lipinski definition) is 2. The van der Waals surface area contributed by atoms with Gasteiger partial charge in [0, 0.05) is 0 Å². The van der Waals surface area contributed by atoms with Crippen molar-refractivity contribution >= 4 is 11.9 Å². The molecule has 5 heteroatoms. The van der Waals surface area contributed by atoms with Crippen molar-refractivity contribution in [1.29, 1.82) is 0 Å². The summed E-state index contributed by atoms with van der Waals surface area (Å²) in [7, 11) is 1.29. The molecule has 1 atom stereocenters. The van der Waals surface area contributed by atoms with Gasteiger partial charge in [-0.2, -0.15) is 0 Å². The lowest BCUT2D eigenvalue weighted by atomic mass is 10.0. The van der Waals surface area contributed by atoms with E-state index in [1.165, 1.54) is 19.2 Å². The molecule has 92 valence electrons. The first-order valence-electron chi connectivity index (χ1n) is 5.04. The van der Waals surface area contributed by atoms with Crippen molar-refractivity contribution in [2.45, 2.75) is 19.4 Å². The summed E-state index contributed by atoms with van der Waals surface area (Å²) in [6, 6.07) is 4.62. The minimum atomic E-state index is -1.08. The number of aliphatic hydroxyl groups excluding tert-OH is 1. The number of aliphatic carboxylic acids is 1.